The van der Waals surface area contributed by atoms with Gasteiger partial charge in [-0.1, -0.05) is 17.8 Å². The van der Waals surface area contributed by atoms with E-state index >= 15 is 0 Å². The van der Waals surface area contributed by atoms with Crippen LogP contribution in [0.5, 0.6) is 0 Å². The van der Waals surface area contributed by atoms with Gasteiger partial charge in [0.1, 0.15) is 17.3 Å². The lowest BCUT2D eigenvalue weighted by atomic mass is 10.3. The van der Waals surface area contributed by atoms with Crippen LogP contribution in [-0.2, 0) is 11.8 Å². The summed E-state index contributed by atoms with van der Waals surface area (Å²) in [6.45, 7) is 1.59. The second-order valence-corrected chi connectivity index (χ2v) is 5.24. The number of aromatic nitrogens is 4. The number of halogens is 2. The molecule has 1 N–H and O–H groups in total. The fourth-order valence-electron chi connectivity index (χ4n) is 1.37. The largest absolute Gasteiger partial charge is 0.320 e. The summed E-state index contributed by atoms with van der Waals surface area (Å²) in [5.74, 6) is -2.19. The number of nitrogens with one attached hydrogen (secondary N) is 1. The molecule has 1 amide bonds. The van der Waals surface area contributed by atoms with Gasteiger partial charge in [-0.3, -0.25) is 4.79 Å². The summed E-state index contributed by atoms with van der Waals surface area (Å²) >= 11 is 1.09. The van der Waals surface area contributed by atoms with Crippen molar-refractivity contribution in [2.45, 2.75) is 17.3 Å². The second-order valence-electron chi connectivity index (χ2n) is 3.93. The number of carbonyl (C=O) groups excluding carboxylic acids is 1. The molecule has 0 aliphatic heterocycles. The molecule has 0 bridgehead atoms. The fraction of sp³-hybridized carbons (Fsp3) is 0.273. The maximum Gasteiger partial charge on any atom is 0.237 e. The molecule has 1 heterocycles. The third-order valence-electron chi connectivity index (χ3n) is 2.44. The predicted octanol–water partition coefficient (Wildman–Crippen LogP) is 1.61. The molecule has 0 fully saturated rings. The van der Waals surface area contributed by atoms with E-state index in [1.54, 1.807) is 14.0 Å². The minimum atomic E-state index is -0.823. The Labute approximate surface area is 117 Å². The number of para-hydroxylation sites is 1. The monoisotopic (exact) mass is 299 g/mol. The first-order valence-corrected chi connectivity index (χ1v) is 6.51. The number of carbonyl (C=O) groups is 1. The molecule has 0 aliphatic rings. The Bertz CT molecular complexity index is 613. The number of hydrogen-bond acceptors (Lipinski definition) is 5. The van der Waals surface area contributed by atoms with Crippen LogP contribution >= 0.6 is 11.8 Å². The smallest absolute Gasteiger partial charge is 0.237 e. The van der Waals surface area contributed by atoms with Crippen molar-refractivity contribution in [1.29, 1.82) is 0 Å². The predicted molar refractivity (Wildman–Crippen MR) is 69.1 cm³/mol. The lowest BCUT2D eigenvalue weighted by Crippen LogP contribution is -2.24. The van der Waals surface area contributed by atoms with Crippen LogP contribution in [-0.4, -0.2) is 31.4 Å². The highest BCUT2D eigenvalue weighted by molar-refractivity contribution is 8.00. The molecule has 0 radical (unpaired) electrons. The van der Waals surface area contributed by atoms with Crippen molar-refractivity contribution in [3.8, 4) is 0 Å². The van der Waals surface area contributed by atoms with Crippen LogP contribution in [0.25, 0.3) is 0 Å². The normalized spacial score (nSPS) is 12.2. The van der Waals surface area contributed by atoms with Crippen molar-refractivity contribution in [1.82, 2.24) is 20.2 Å². The first-order chi connectivity index (χ1) is 9.49. The highest BCUT2D eigenvalue weighted by Gasteiger charge is 2.20. The van der Waals surface area contributed by atoms with Crippen LogP contribution in [0.15, 0.2) is 23.4 Å². The third kappa shape index (κ3) is 3.10. The Morgan fingerprint density at radius 3 is 2.60 bits per heavy atom. The van der Waals surface area contributed by atoms with Crippen molar-refractivity contribution in [3.63, 3.8) is 0 Å². The Morgan fingerprint density at radius 2 is 2.05 bits per heavy atom. The Hall–Kier alpha value is -2.03. The van der Waals surface area contributed by atoms with Gasteiger partial charge in [0.25, 0.3) is 0 Å². The molecule has 1 aromatic heterocycles. The zero-order chi connectivity index (χ0) is 14.7. The number of hydrogen-bond donors (Lipinski definition) is 1. The zero-order valence-electron chi connectivity index (χ0n) is 10.7. The van der Waals surface area contributed by atoms with Crippen LogP contribution < -0.4 is 5.32 Å². The van der Waals surface area contributed by atoms with Crippen molar-refractivity contribution in [3.05, 3.63) is 29.8 Å². The Balaban J connectivity index is 2.06. The number of nitrogens with zero attached hydrogens (tertiary/aromatic N) is 4. The van der Waals surface area contributed by atoms with Crippen LogP contribution in [0.4, 0.5) is 14.5 Å². The van der Waals surface area contributed by atoms with Gasteiger partial charge in [-0.15, -0.1) is 5.10 Å². The summed E-state index contributed by atoms with van der Waals surface area (Å²) in [7, 11) is 1.63. The Morgan fingerprint density at radius 1 is 1.40 bits per heavy atom. The highest BCUT2D eigenvalue weighted by atomic mass is 32.2. The van der Waals surface area contributed by atoms with E-state index in [1.807, 2.05) is 0 Å². The summed E-state index contributed by atoms with van der Waals surface area (Å²) in [5.41, 5.74) is -0.457. The molecule has 106 valence electrons. The van der Waals surface area contributed by atoms with Gasteiger partial charge in [-0.05, 0) is 29.5 Å². The number of benzene rings is 1. The van der Waals surface area contributed by atoms with Crippen molar-refractivity contribution >= 4 is 23.4 Å². The third-order valence-corrected chi connectivity index (χ3v) is 3.57. The van der Waals surface area contributed by atoms with Gasteiger partial charge in [-0.25, -0.2) is 13.5 Å². The van der Waals surface area contributed by atoms with Crippen molar-refractivity contribution in [2.24, 2.45) is 7.05 Å². The number of amides is 1. The van der Waals surface area contributed by atoms with Gasteiger partial charge in [0.15, 0.2) is 0 Å². The number of anilines is 1. The van der Waals surface area contributed by atoms with Crippen molar-refractivity contribution < 1.29 is 13.6 Å². The lowest BCUT2D eigenvalue weighted by molar-refractivity contribution is -0.115. The molecule has 2 aromatic rings. The molecule has 1 atom stereocenters. The fourth-order valence-corrected chi connectivity index (χ4v) is 2.13. The van der Waals surface area contributed by atoms with Crippen LogP contribution in [0.3, 0.4) is 0 Å². The quantitative estimate of drug-likeness (QED) is 0.868. The minimum Gasteiger partial charge on any atom is -0.320 e. The molecule has 0 spiro atoms. The molecular weight excluding hydrogens is 288 g/mol. The maximum absolute atomic E-state index is 13.4. The molecule has 9 heteroatoms. The second kappa shape index (κ2) is 5.95. The van der Waals surface area contributed by atoms with Gasteiger partial charge >= 0.3 is 0 Å². The lowest BCUT2D eigenvalue weighted by Gasteiger charge is -2.11. The first kappa shape index (κ1) is 14.4. The number of tetrazole rings is 1. The number of thioether (sulfide) groups is 1. The molecule has 0 saturated heterocycles. The van der Waals surface area contributed by atoms with Gasteiger partial charge < -0.3 is 5.32 Å². The van der Waals surface area contributed by atoms with Gasteiger partial charge in [0.2, 0.25) is 11.1 Å². The van der Waals surface area contributed by atoms with Gasteiger partial charge in [0.05, 0.1) is 5.25 Å². The number of aryl methyl sites for hydroxylation is 1. The molecule has 0 aliphatic carbocycles. The van der Waals surface area contributed by atoms with E-state index in [0.717, 1.165) is 23.9 Å². The molecule has 20 heavy (non-hydrogen) atoms. The van der Waals surface area contributed by atoms with E-state index in [1.165, 1.54) is 10.7 Å². The van der Waals surface area contributed by atoms with Crippen LogP contribution in [0.2, 0.25) is 0 Å². The Kier molecular flexibility index (Phi) is 4.28. The molecule has 1 unspecified atom stereocenters. The van der Waals surface area contributed by atoms with E-state index in [0.29, 0.717) is 5.16 Å². The first-order valence-electron chi connectivity index (χ1n) is 5.63. The van der Waals surface area contributed by atoms with E-state index in [2.05, 4.69) is 20.8 Å². The summed E-state index contributed by atoms with van der Waals surface area (Å²) < 4.78 is 28.2. The van der Waals surface area contributed by atoms with Crippen molar-refractivity contribution in [2.75, 3.05) is 5.32 Å². The number of rotatable bonds is 4. The molecule has 1 aromatic carbocycles. The van der Waals surface area contributed by atoms with Gasteiger partial charge in [-0.2, -0.15) is 0 Å². The average molecular weight is 299 g/mol. The molecule has 0 saturated carbocycles. The minimum absolute atomic E-state index is 0.432. The van der Waals surface area contributed by atoms with E-state index in [4.69, 9.17) is 0 Å². The topological polar surface area (TPSA) is 72.7 Å². The SMILES string of the molecule is CC(Sc1nnnn1C)C(=O)Nc1c(F)cccc1F. The highest BCUT2D eigenvalue weighted by Crippen LogP contribution is 2.23. The van der Waals surface area contributed by atoms with Gasteiger partial charge in [0, 0.05) is 7.05 Å². The molecule has 2 rings (SSSR count). The van der Waals surface area contributed by atoms with Crippen LogP contribution in [0, 0.1) is 11.6 Å². The average Bonchev–Trinajstić information content (AvgIpc) is 2.79. The summed E-state index contributed by atoms with van der Waals surface area (Å²) in [5, 5.41) is 12.8. The van der Waals surface area contributed by atoms with E-state index in [9.17, 15) is 13.6 Å². The molecular formula is C11H11F2N5OS. The summed E-state index contributed by atoms with van der Waals surface area (Å²) in [6.07, 6.45) is 0. The standard InChI is InChI=1S/C11H11F2N5OS/c1-6(20-11-15-16-17-18(11)2)10(19)14-9-7(12)4-3-5-8(9)13/h3-6H,1-2H3,(H,14,19). The molecule has 6 nitrogen and oxygen atoms in total. The summed E-state index contributed by atoms with van der Waals surface area (Å²) in [6, 6.07) is 3.37. The maximum atomic E-state index is 13.4. The summed E-state index contributed by atoms with van der Waals surface area (Å²) in [4.78, 5) is 11.9. The van der Waals surface area contributed by atoms with E-state index in [-0.39, 0.29) is 0 Å². The van der Waals surface area contributed by atoms with E-state index < -0.39 is 28.5 Å². The zero-order valence-corrected chi connectivity index (χ0v) is 11.5. The van der Waals surface area contributed by atoms with Crippen LogP contribution in [0.1, 0.15) is 6.92 Å².